The second-order valence-electron chi connectivity index (χ2n) is 11.7. The van der Waals surface area contributed by atoms with Crippen molar-refractivity contribution in [1.29, 1.82) is 5.26 Å². The summed E-state index contributed by atoms with van der Waals surface area (Å²) in [7, 11) is 0. The highest BCUT2D eigenvalue weighted by Gasteiger charge is 2.15. The van der Waals surface area contributed by atoms with Crippen molar-refractivity contribution < 1.29 is 0 Å². The predicted molar refractivity (Wildman–Crippen MR) is 199 cm³/mol. The van der Waals surface area contributed by atoms with Crippen LogP contribution < -0.4 is 0 Å². The summed E-state index contributed by atoms with van der Waals surface area (Å²) in [6.45, 7) is 0. The molecular formula is C43H25NS2. The Balaban J connectivity index is 1.31. The first kappa shape index (κ1) is 26.8. The molecular weight excluding hydrogens is 595 g/mol. The van der Waals surface area contributed by atoms with Crippen LogP contribution in [0.25, 0.3) is 84.9 Å². The zero-order valence-corrected chi connectivity index (χ0v) is 26.3. The lowest BCUT2D eigenvalue weighted by Crippen LogP contribution is -1.89. The van der Waals surface area contributed by atoms with Crippen LogP contribution in [0.4, 0.5) is 0 Å². The lowest BCUT2D eigenvalue weighted by Gasteiger charge is -2.14. The van der Waals surface area contributed by atoms with Crippen molar-refractivity contribution >= 4 is 63.0 Å². The van der Waals surface area contributed by atoms with Crippen LogP contribution in [-0.2, 0) is 0 Å². The number of nitriles is 1. The van der Waals surface area contributed by atoms with E-state index in [9.17, 15) is 5.26 Å². The van der Waals surface area contributed by atoms with Crippen LogP contribution in [0.5, 0.6) is 0 Å². The van der Waals surface area contributed by atoms with E-state index < -0.39 is 0 Å². The highest BCUT2D eigenvalue weighted by Crippen LogP contribution is 2.43. The van der Waals surface area contributed by atoms with E-state index in [1.807, 2.05) is 53.0 Å². The number of fused-ring (bicyclic) bond motifs is 6. The van der Waals surface area contributed by atoms with E-state index in [2.05, 4.69) is 127 Å². The zero-order valence-electron chi connectivity index (χ0n) is 24.7. The van der Waals surface area contributed by atoms with Crippen LogP contribution in [-0.4, -0.2) is 0 Å². The lowest BCUT2D eigenvalue weighted by molar-refractivity contribution is 1.48. The molecule has 0 saturated heterocycles. The summed E-state index contributed by atoms with van der Waals surface area (Å²) in [5.74, 6) is 0. The van der Waals surface area contributed by atoms with E-state index in [0.29, 0.717) is 5.56 Å². The maximum Gasteiger partial charge on any atom is 0.0992 e. The Hall–Kier alpha value is -5.53. The molecule has 0 radical (unpaired) electrons. The fourth-order valence-corrected chi connectivity index (χ4v) is 8.91. The van der Waals surface area contributed by atoms with Gasteiger partial charge in [-0.15, -0.1) is 22.7 Å². The van der Waals surface area contributed by atoms with E-state index in [4.69, 9.17) is 0 Å². The maximum atomic E-state index is 10.1. The number of nitrogens with zero attached hydrogens (tertiary/aromatic N) is 1. The Labute approximate surface area is 274 Å². The number of benzene rings is 7. The highest BCUT2D eigenvalue weighted by molar-refractivity contribution is 7.26. The van der Waals surface area contributed by atoms with Crippen molar-refractivity contribution in [3.05, 3.63) is 157 Å². The molecule has 0 aliphatic heterocycles. The number of rotatable bonds is 4. The molecule has 0 unspecified atom stereocenters. The van der Waals surface area contributed by atoms with Gasteiger partial charge in [0.2, 0.25) is 0 Å². The largest absolute Gasteiger partial charge is 0.192 e. The van der Waals surface area contributed by atoms with Gasteiger partial charge >= 0.3 is 0 Å². The minimum Gasteiger partial charge on any atom is -0.192 e. The molecule has 0 amide bonds. The zero-order chi connectivity index (χ0) is 30.6. The molecule has 2 aromatic heterocycles. The van der Waals surface area contributed by atoms with Crippen molar-refractivity contribution in [2.75, 3.05) is 0 Å². The van der Waals surface area contributed by atoms with Crippen LogP contribution in [0.15, 0.2) is 152 Å². The minimum atomic E-state index is 0.653. The molecule has 9 aromatic rings. The Morgan fingerprint density at radius 1 is 0.370 bits per heavy atom. The molecule has 0 bridgehead atoms. The molecule has 2 heterocycles. The summed E-state index contributed by atoms with van der Waals surface area (Å²) in [5.41, 5.74) is 9.64. The van der Waals surface area contributed by atoms with Crippen molar-refractivity contribution in [3.63, 3.8) is 0 Å². The molecule has 0 saturated carbocycles. The smallest absolute Gasteiger partial charge is 0.0992 e. The SMILES string of the molecule is N#Cc1cc(-c2ccccc2)cc(-c2cc(-c3ccc4sc5ccccc5c4c3)cc(-c3cccc4sc5ccccc5c34)c2)c1. The summed E-state index contributed by atoms with van der Waals surface area (Å²) >= 11 is 3.69. The number of hydrogen-bond acceptors (Lipinski definition) is 3. The second-order valence-corrected chi connectivity index (χ2v) is 13.8. The van der Waals surface area contributed by atoms with Crippen molar-refractivity contribution in [1.82, 2.24) is 0 Å². The maximum absolute atomic E-state index is 10.1. The first-order valence-electron chi connectivity index (χ1n) is 15.3. The monoisotopic (exact) mass is 619 g/mol. The minimum absolute atomic E-state index is 0.653. The molecule has 7 aromatic carbocycles. The van der Waals surface area contributed by atoms with Crippen LogP contribution in [0.1, 0.15) is 5.56 Å². The summed E-state index contributed by atoms with van der Waals surface area (Å²) < 4.78 is 5.19. The van der Waals surface area contributed by atoms with E-state index in [0.717, 1.165) is 27.8 Å². The van der Waals surface area contributed by atoms with Crippen LogP contribution in [0, 0.1) is 11.3 Å². The third kappa shape index (κ3) is 4.51. The Morgan fingerprint density at radius 2 is 0.935 bits per heavy atom. The summed E-state index contributed by atoms with van der Waals surface area (Å²) in [5, 5.41) is 15.2. The molecule has 0 atom stereocenters. The molecule has 0 fully saturated rings. The van der Waals surface area contributed by atoms with Crippen molar-refractivity contribution in [3.8, 4) is 50.6 Å². The molecule has 214 valence electrons. The van der Waals surface area contributed by atoms with Gasteiger partial charge in [0.05, 0.1) is 11.6 Å². The summed E-state index contributed by atoms with van der Waals surface area (Å²) in [6.07, 6.45) is 0. The van der Waals surface area contributed by atoms with Crippen LogP contribution in [0.3, 0.4) is 0 Å². The molecule has 0 aliphatic rings. The normalized spacial score (nSPS) is 11.5. The standard InChI is InChI=1S/C43H25NS2/c44-26-27-19-30(28-9-2-1-3-10-28)21-31(20-27)33-22-32(29-17-18-41-38(25-29)36-11-4-6-14-39(36)45-41)23-34(24-33)35-13-8-16-42-43(35)37-12-5-7-15-40(37)46-42/h1-25H. The van der Waals surface area contributed by atoms with E-state index in [1.54, 1.807) is 0 Å². The first-order chi connectivity index (χ1) is 22.7. The molecule has 0 N–H and O–H groups in total. The van der Waals surface area contributed by atoms with Gasteiger partial charge < -0.3 is 0 Å². The Bertz CT molecular complexity index is 2650. The van der Waals surface area contributed by atoms with Crippen LogP contribution >= 0.6 is 22.7 Å². The van der Waals surface area contributed by atoms with Gasteiger partial charge in [-0.05, 0) is 111 Å². The molecule has 9 rings (SSSR count). The predicted octanol–water partition coefficient (Wildman–Crippen LogP) is 13.0. The van der Waals surface area contributed by atoms with E-state index in [-0.39, 0.29) is 0 Å². The molecule has 0 aliphatic carbocycles. The van der Waals surface area contributed by atoms with Gasteiger partial charge in [-0.1, -0.05) is 84.9 Å². The van der Waals surface area contributed by atoms with Gasteiger partial charge in [0.1, 0.15) is 0 Å². The average Bonchev–Trinajstić information content (AvgIpc) is 3.70. The topological polar surface area (TPSA) is 23.8 Å². The van der Waals surface area contributed by atoms with Gasteiger partial charge in [-0.2, -0.15) is 5.26 Å². The lowest BCUT2D eigenvalue weighted by atomic mass is 9.90. The third-order valence-corrected chi connectivity index (χ3v) is 11.1. The van der Waals surface area contributed by atoms with Crippen molar-refractivity contribution in [2.24, 2.45) is 0 Å². The summed E-state index contributed by atoms with van der Waals surface area (Å²) in [6, 6.07) is 56.8. The number of hydrogen-bond donors (Lipinski definition) is 0. The van der Waals surface area contributed by atoms with Gasteiger partial charge in [0.25, 0.3) is 0 Å². The molecule has 0 spiro atoms. The van der Waals surface area contributed by atoms with E-state index in [1.165, 1.54) is 57.0 Å². The quantitative estimate of drug-likeness (QED) is 0.192. The Morgan fingerprint density at radius 3 is 1.72 bits per heavy atom. The van der Waals surface area contributed by atoms with Gasteiger partial charge in [-0.3, -0.25) is 0 Å². The third-order valence-electron chi connectivity index (χ3n) is 8.86. The molecule has 46 heavy (non-hydrogen) atoms. The molecule has 3 heteroatoms. The fourth-order valence-electron chi connectivity index (χ4n) is 6.69. The highest BCUT2D eigenvalue weighted by atomic mass is 32.1. The van der Waals surface area contributed by atoms with Gasteiger partial charge in [-0.25, -0.2) is 0 Å². The number of thiophene rings is 2. The Kier molecular flexibility index (Phi) is 6.31. The van der Waals surface area contributed by atoms with E-state index >= 15 is 0 Å². The van der Waals surface area contributed by atoms with Gasteiger partial charge in [0.15, 0.2) is 0 Å². The fraction of sp³-hybridized carbons (Fsp3) is 0. The van der Waals surface area contributed by atoms with Gasteiger partial charge in [0, 0.05) is 40.3 Å². The van der Waals surface area contributed by atoms with Crippen molar-refractivity contribution in [2.45, 2.75) is 0 Å². The van der Waals surface area contributed by atoms with Crippen LogP contribution in [0.2, 0.25) is 0 Å². The molecule has 1 nitrogen and oxygen atoms in total. The first-order valence-corrected chi connectivity index (χ1v) is 16.9. The average molecular weight is 620 g/mol. The second kappa shape index (κ2) is 10.8. The summed E-state index contributed by atoms with van der Waals surface area (Å²) in [4.78, 5) is 0.